The first-order chi connectivity index (χ1) is 12.0. The van der Waals surface area contributed by atoms with E-state index in [0.717, 1.165) is 31.9 Å². The second-order valence-electron chi connectivity index (χ2n) is 6.25. The summed E-state index contributed by atoms with van der Waals surface area (Å²) in [7, 11) is 3.39. The molecular formula is C19H22FN3O2. The summed E-state index contributed by atoms with van der Waals surface area (Å²) in [6.45, 7) is 3.69. The van der Waals surface area contributed by atoms with E-state index in [0.29, 0.717) is 22.4 Å². The van der Waals surface area contributed by atoms with Gasteiger partial charge in [0.2, 0.25) is 0 Å². The Balaban J connectivity index is 1.87. The highest BCUT2D eigenvalue weighted by Gasteiger charge is 2.17. The Morgan fingerprint density at radius 1 is 1.08 bits per heavy atom. The molecule has 1 fully saturated rings. The van der Waals surface area contributed by atoms with E-state index in [9.17, 15) is 9.18 Å². The summed E-state index contributed by atoms with van der Waals surface area (Å²) in [6, 6.07) is 9.95. The van der Waals surface area contributed by atoms with E-state index in [-0.39, 0.29) is 5.82 Å². The van der Waals surface area contributed by atoms with E-state index in [1.54, 1.807) is 24.3 Å². The number of anilines is 2. The summed E-state index contributed by atoms with van der Waals surface area (Å²) in [4.78, 5) is 16.0. The van der Waals surface area contributed by atoms with Gasteiger partial charge in [-0.15, -0.1) is 0 Å². The van der Waals surface area contributed by atoms with Crippen LogP contribution in [0.15, 0.2) is 36.4 Å². The largest absolute Gasteiger partial charge is 0.465 e. The highest BCUT2D eigenvalue weighted by molar-refractivity contribution is 5.92. The molecule has 2 aromatic carbocycles. The summed E-state index contributed by atoms with van der Waals surface area (Å²) in [5.74, 6) is -0.793. The van der Waals surface area contributed by atoms with Gasteiger partial charge in [-0.2, -0.15) is 0 Å². The average Bonchev–Trinajstić information content (AvgIpc) is 2.62. The van der Waals surface area contributed by atoms with Crippen LogP contribution in [0.1, 0.15) is 10.4 Å². The second-order valence-corrected chi connectivity index (χ2v) is 6.25. The lowest BCUT2D eigenvalue weighted by molar-refractivity contribution is 0.0601. The number of nitrogen functional groups attached to an aromatic ring is 1. The van der Waals surface area contributed by atoms with Crippen LogP contribution in [0.3, 0.4) is 0 Å². The van der Waals surface area contributed by atoms with Crippen LogP contribution in [-0.2, 0) is 4.74 Å². The summed E-state index contributed by atoms with van der Waals surface area (Å²) in [5, 5.41) is 0. The van der Waals surface area contributed by atoms with E-state index in [1.165, 1.54) is 13.2 Å². The maximum atomic E-state index is 14.7. The number of ether oxygens (including phenoxy) is 1. The number of piperazine rings is 1. The van der Waals surface area contributed by atoms with Crippen molar-refractivity contribution in [3.8, 4) is 11.1 Å². The average molecular weight is 343 g/mol. The number of nitrogens with zero attached hydrogens (tertiary/aromatic N) is 2. The van der Waals surface area contributed by atoms with Crippen LogP contribution < -0.4 is 10.6 Å². The SMILES string of the molecule is COC(=O)c1ccc(-c2ccc(N3CCN(C)CC3)cc2F)c(N)c1. The van der Waals surface area contributed by atoms with Crippen molar-refractivity contribution in [1.29, 1.82) is 0 Å². The molecule has 2 aromatic rings. The third kappa shape index (κ3) is 3.58. The van der Waals surface area contributed by atoms with Gasteiger partial charge < -0.3 is 20.3 Å². The van der Waals surface area contributed by atoms with Crippen molar-refractivity contribution in [2.75, 3.05) is 51.0 Å². The number of hydrogen-bond acceptors (Lipinski definition) is 5. The van der Waals surface area contributed by atoms with Crippen molar-refractivity contribution in [2.45, 2.75) is 0 Å². The summed E-state index contributed by atoms with van der Waals surface area (Å²) < 4.78 is 19.4. The normalized spacial score (nSPS) is 15.2. The summed E-state index contributed by atoms with van der Waals surface area (Å²) in [5.41, 5.74) is 8.57. The Hall–Kier alpha value is -2.60. The molecule has 1 aliphatic heterocycles. The zero-order chi connectivity index (χ0) is 18.0. The molecule has 1 saturated heterocycles. The Morgan fingerprint density at radius 3 is 2.36 bits per heavy atom. The van der Waals surface area contributed by atoms with Crippen molar-refractivity contribution >= 4 is 17.3 Å². The molecule has 0 radical (unpaired) electrons. The number of halogens is 1. The fraction of sp³-hybridized carbons (Fsp3) is 0.316. The van der Waals surface area contributed by atoms with Gasteiger partial charge in [0.25, 0.3) is 0 Å². The van der Waals surface area contributed by atoms with Crippen molar-refractivity contribution in [1.82, 2.24) is 4.90 Å². The van der Waals surface area contributed by atoms with Crippen LogP contribution in [-0.4, -0.2) is 51.2 Å². The van der Waals surface area contributed by atoms with Gasteiger partial charge in [-0.05, 0) is 37.4 Å². The highest BCUT2D eigenvalue weighted by atomic mass is 19.1. The van der Waals surface area contributed by atoms with Crippen molar-refractivity contribution in [2.24, 2.45) is 0 Å². The van der Waals surface area contributed by atoms with Crippen molar-refractivity contribution in [3.63, 3.8) is 0 Å². The topological polar surface area (TPSA) is 58.8 Å². The first kappa shape index (κ1) is 17.2. The van der Waals surface area contributed by atoms with Gasteiger partial charge in [0.15, 0.2) is 0 Å². The molecule has 132 valence electrons. The summed E-state index contributed by atoms with van der Waals surface area (Å²) >= 11 is 0. The molecule has 1 heterocycles. The third-order valence-electron chi connectivity index (χ3n) is 4.58. The molecule has 25 heavy (non-hydrogen) atoms. The van der Waals surface area contributed by atoms with Crippen LogP contribution in [0.2, 0.25) is 0 Å². The number of carbonyl (C=O) groups excluding carboxylic acids is 1. The molecule has 0 aliphatic carbocycles. The molecular weight excluding hydrogens is 321 g/mol. The Bertz CT molecular complexity index is 786. The number of benzene rings is 2. The van der Waals surface area contributed by atoms with Gasteiger partial charge in [-0.3, -0.25) is 0 Å². The van der Waals surface area contributed by atoms with Crippen LogP contribution in [0.5, 0.6) is 0 Å². The van der Waals surface area contributed by atoms with E-state index >= 15 is 0 Å². The predicted octanol–water partition coefficient (Wildman–Crippen LogP) is 2.61. The van der Waals surface area contributed by atoms with E-state index in [2.05, 4.69) is 21.6 Å². The first-order valence-corrected chi connectivity index (χ1v) is 8.21. The minimum Gasteiger partial charge on any atom is -0.465 e. The standard InChI is InChI=1S/C19H22FN3O2/c1-22-7-9-23(10-8-22)14-4-6-15(17(20)12-14)16-5-3-13(11-18(16)21)19(24)25-2/h3-6,11-12H,7-10,21H2,1-2H3. The minimum absolute atomic E-state index is 0.325. The number of methoxy groups -OCH3 is 1. The van der Waals surface area contributed by atoms with Crippen molar-refractivity contribution in [3.05, 3.63) is 47.8 Å². The number of nitrogens with two attached hydrogens (primary N) is 1. The lowest BCUT2D eigenvalue weighted by Crippen LogP contribution is -2.44. The molecule has 2 N–H and O–H groups in total. The number of likely N-dealkylation sites (N-methyl/N-ethyl adjacent to an activating group) is 1. The Morgan fingerprint density at radius 2 is 1.76 bits per heavy atom. The first-order valence-electron chi connectivity index (χ1n) is 8.21. The van der Waals surface area contributed by atoms with Gasteiger partial charge in [0.1, 0.15) is 5.82 Å². The fourth-order valence-corrected chi connectivity index (χ4v) is 3.04. The molecule has 0 spiro atoms. The third-order valence-corrected chi connectivity index (χ3v) is 4.58. The van der Waals surface area contributed by atoms with Crippen LogP contribution >= 0.6 is 0 Å². The zero-order valence-electron chi connectivity index (χ0n) is 14.5. The molecule has 0 unspecified atom stereocenters. The van der Waals surface area contributed by atoms with E-state index < -0.39 is 5.97 Å². The molecule has 1 aliphatic rings. The Labute approximate surface area is 146 Å². The number of esters is 1. The lowest BCUT2D eigenvalue weighted by atomic mass is 10.0. The maximum absolute atomic E-state index is 14.7. The maximum Gasteiger partial charge on any atom is 0.337 e. The molecule has 0 atom stereocenters. The van der Waals surface area contributed by atoms with Gasteiger partial charge in [0, 0.05) is 48.7 Å². The van der Waals surface area contributed by atoms with Gasteiger partial charge in [0.05, 0.1) is 12.7 Å². The molecule has 0 bridgehead atoms. The number of carbonyl (C=O) groups is 1. The molecule has 0 amide bonds. The molecule has 6 heteroatoms. The number of hydrogen-bond donors (Lipinski definition) is 1. The van der Waals surface area contributed by atoms with Gasteiger partial charge in [-0.1, -0.05) is 6.07 Å². The minimum atomic E-state index is -0.468. The highest BCUT2D eigenvalue weighted by Crippen LogP contribution is 2.31. The predicted molar refractivity (Wildman–Crippen MR) is 97.3 cm³/mol. The van der Waals surface area contributed by atoms with Crippen molar-refractivity contribution < 1.29 is 13.9 Å². The molecule has 5 nitrogen and oxygen atoms in total. The lowest BCUT2D eigenvalue weighted by Gasteiger charge is -2.34. The second kappa shape index (κ2) is 7.11. The fourth-order valence-electron chi connectivity index (χ4n) is 3.04. The molecule has 0 aromatic heterocycles. The summed E-state index contributed by atoms with van der Waals surface area (Å²) in [6.07, 6.45) is 0. The zero-order valence-corrected chi connectivity index (χ0v) is 14.5. The monoisotopic (exact) mass is 343 g/mol. The van der Waals surface area contributed by atoms with Crippen LogP contribution in [0.25, 0.3) is 11.1 Å². The number of rotatable bonds is 3. The smallest absolute Gasteiger partial charge is 0.337 e. The van der Waals surface area contributed by atoms with Crippen LogP contribution in [0, 0.1) is 5.82 Å². The molecule has 0 saturated carbocycles. The van der Waals surface area contributed by atoms with E-state index in [4.69, 9.17) is 5.73 Å². The van der Waals surface area contributed by atoms with Gasteiger partial charge >= 0.3 is 5.97 Å². The Kier molecular flexibility index (Phi) is 4.90. The quantitative estimate of drug-likeness (QED) is 0.686. The molecule has 3 rings (SSSR count). The van der Waals surface area contributed by atoms with Crippen LogP contribution in [0.4, 0.5) is 15.8 Å². The van der Waals surface area contributed by atoms with Gasteiger partial charge in [-0.25, -0.2) is 9.18 Å². The van der Waals surface area contributed by atoms with E-state index in [1.807, 2.05) is 6.07 Å².